The number of aryl methyl sites for hydroxylation is 1. The minimum absolute atomic E-state index is 0.267. The lowest BCUT2D eigenvalue weighted by Gasteiger charge is -2.35. The molecule has 0 radical (unpaired) electrons. The van der Waals surface area contributed by atoms with Crippen molar-refractivity contribution < 1.29 is 9.53 Å². The molecule has 1 amide bonds. The van der Waals surface area contributed by atoms with Crippen LogP contribution in [0.3, 0.4) is 0 Å². The molecule has 1 aromatic heterocycles. The number of hydrogen-bond donors (Lipinski definition) is 0. The second-order valence-electron chi connectivity index (χ2n) is 6.32. The van der Waals surface area contributed by atoms with Crippen LogP contribution in [0.15, 0.2) is 12.4 Å². The zero-order chi connectivity index (χ0) is 16.1. The van der Waals surface area contributed by atoms with Gasteiger partial charge in [-0.2, -0.15) is 0 Å². The third-order valence-corrected chi connectivity index (χ3v) is 4.76. The molecule has 2 aliphatic rings. The van der Waals surface area contributed by atoms with E-state index in [1.807, 2.05) is 24.3 Å². The van der Waals surface area contributed by atoms with Gasteiger partial charge in [0.1, 0.15) is 5.82 Å². The number of rotatable bonds is 5. The monoisotopic (exact) mass is 321 g/mol. The minimum Gasteiger partial charge on any atom is -0.378 e. The highest BCUT2D eigenvalue weighted by Crippen LogP contribution is 2.08. The standard InChI is InChI=1S/C16H27N5O2/c1-18-5-3-17-15(18)14-20-8-6-19(7-9-20)4-2-16(22)21-10-12-23-13-11-21/h3,5H,2,4,6-14H2,1H3. The Morgan fingerprint density at radius 2 is 1.83 bits per heavy atom. The van der Waals surface area contributed by atoms with E-state index in [-0.39, 0.29) is 5.91 Å². The molecule has 0 aromatic carbocycles. The molecule has 0 N–H and O–H groups in total. The summed E-state index contributed by atoms with van der Waals surface area (Å²) in [7, 11) is 2.04. The summed E-state index contributed by atoms with van der Waals surface area (Å²) in [6.07, 6.45) is 4.46. The molecule has 2 saturated heterocycles. The first kappa shape index (κ1) is 16.4. The molecule has 0 saturated carbocycles. The van der Waals surface area contributed by atoms with E-state index in [1.165, 1.54) is 0 Å². The van der Waals surface area contributed by atoms with Crippen molar-refractivity contribution in [3.63, 3.8) is 0 Å². The first-order chi connectivity index (χ1) is 11.2. The Morgan fingerprint density at radius 3 is 2.48 bits per heavy atom. The maximum atomic E-state index is 12.2. The molecule has 0 unspecified atom stereocenters. The fourth-order valence-electron chi connectivity index (χ4n) is 3.14. The van der Waals surface area contributed by atoms with Crippen molar-refractivity contribution >= 4 is 5.91 Å². The summed E-state index contributed by atoms with van der Waals surface area (Å²) >= 11 is 0. The number of ether oxygens (including phenoxy) is 1. The predicted octanol–water partition coefficient (Wildman–Crippen LogP) is -0.213. The average Bonchev–Trinajstić information content (AvgIpc) is 2.99. The van der Waals surface area contributed by atoms with Crippen molar-refractivity contribution in [3.8, 4) is 0 Å². The normalized spacial score (nSPS) is 20.8. The summed E-state index contributed by atoms with van der Waals surface area (Å²) < 4.78 is 7.37. The lowest BCUT2D eigenvalue weighted by molar-refractivity contribution is -0.135. The third kappa shape index (κ3) is 4.53. The van der Waals surface area contributed by atoms with Gasteiger partial charge in [0, 0.05) is 71.7 Å². The van der Waals surface area contributed by atoms with Crippen LogP contribution in [-0.4, -0.2) is 89.2 Å². The zero-order valence-electron chi connectivity index (χ0n) is 14.0. The Kier molecular flexibility index (Phi) is 5.64. The van der Waals surface area contributed by atoms with Crippen LogP contribution in [0.1, 0.15) is 12.2 Å². The second-order valence-corrected chi connectivity index (χ2v) is 6.32. The molecule has 0 aliphatic carbocycles. The van der Waals surface area contributed by atoms with E-state index < -0.39 is 0 Å². The van der Waals surface area contributed by atoms with Crippen LogP contribution >= 0.6 is 0 Å². The molecule has 0 atom stereocenters. The number of piperazine rings is 1. The Bertz CT molecular complexity index is 504. The SMILES string of the molecule is Cn1ccnc1CN1CCN(CCC(=O)N2CCOCC2)CC1. The molecule has 3 heterocycles. The molecule has 0 spiro atoms. The zero-order valence-corrected chi connectivity index (χ0v) is 14.0. The van der Waals surface area contributed by atoms with Gasteiger partial charge >= 0.3 is 0 Å². The van der Waals surface area contributed by atoms with Crippen LogP contribution in [-0.2, 0) is 23.1 Å². The lowest BCUT2D eigenvalue weighted by Crippen LogP contribution is -2.47. The first-order valence-electron chi connectivity index (χ1n) is 8.49. The Balaban J connectivity index is 1.36. The van der Waals surface area contributed by atoms with E-state index in [9.17, 15) is 4.79 Å². The number of aromatic nitrogens is 2. The van der Waals surface area contributed by atoms with Gasteiger partial charge in [-0.1, -0.05) is 0 Å². The molecule has 128 valence electrons. The molecule has 23 heavy (non-hydrogen) atoms. The van der Waals surface area contributed by atoms with Gasteiger partial charge in [0.2, 0.25) is 5.91 Å². The van der Waals surface area contributed by atoms with Crippen LogP contribution in [0.25, 0.3) is 0 Å². The largest absolute Gasteiger partial charge is 0.378 e. The van der Waals surface area contributed by atoms with E-state index in [2.05, 4.69) is 19.4 Å². The number of carbonyl (C=O) groups is 1. The fourth-order valence-corrected chi connectivity index (χ4v) is 3.14. The summed E-state index contributed by atoms with van der Waals surface area (Å²) in [4.78, 5) is 23.3. The summed E-state index contributed by atoms with van der Waals surface area (Å²) in [5.41, 5.74) is 0. The number of amides is 1. The summed E-state index contributed by atoms with van der Waals surface area (Å²) in [5, 5.41) is 0. The molecule has 1 aromatic rings. The third-order valence-electron chi connectivity index (χ3n) is 4.76. The van der Waals surface area contributed by atoms with Gasteiger partial charge in [-0.25, -0.2) is 4.98 Å². The van der Waals surface area contributed by atoms with Crippen LogP contribution in [0.2, 0.25) is 0 Å². The second kappa shape index (κ2) is 7.90. The van der Waals surface area contributed by atoms with Crippen molar-refractivity contribution in [2.24, 2.45) is 7.05 Å². The van der Waals surface area contributed by atoms with Gasteiger partial charge in [0.05, 0.1) is 19.8 Å². The molecular weight excluding hydrogens is 294 g/mol. The molecule has 2 aliphatic heterocycles. The number of carbonyl (C=O) groups excluding carboxylic acids is 1. The number of nitrogens with zero attached hydrogens (tertiary/aromatic N) is 5. The van der Waals surface area contributed by atoms with Crippen LogP contribution in [0.5, 0.6) is 0 Å². The summed E-state index contributed by atoms with van der Waals surface area (Å²) in [5.74, 6) is 1.38. The maximum absolute atomic E-state index is 12.2. The molecule has 7 heteroatoms. The van der Waals surface area contributed by atoms with Crippen LogP contribution in [0, 0.1) is 0 Å². The number of imidazole rings is 1. The number of morpholine rings is 1. The average molecular weight is 321 g/mol. The lowest BCUT2D eigenvalue weighted by atomic mass is 10.2. The van der Waals surface area contributed by atoms with Gasteiger partial charge in [0.15, 0.2) is 0 Å². The number of hydrogen-bond acceptors (Lipinski definition) is 5. The van der Waals surface area contributed by atoms with E-state index in [0.29, 0.717) is 19.6 Å². The van der Waals surface area contributed by atoms with E-state index in [0.717, 1.165) is 58.2 Å². The van der Waals surface area contributed by atoms with Gasteiger partial charge in [-0.15, -0.1) is 0 Å². The molecular formula is C16H27N5O2. The smallest absolute Gasteiger partial charge is 0.224 e. The van der Waals surface area contributed by atoms with Gasteiger partial charge in [0.25, 0.3) is 0 Å². The summed E-state index contributed by atoms with van der Waals surface area (Å²) in [6.45, 7) is 8.76. The minimum atomic E-state index is 0.267. The predicted molar refractivity (Wildman–Crippen MR) is 86.9 cm³/mol. The highest BCUT2D eigenvalue weighted by molar-refractivity contribution is 5.76. The van der Waals surface area contributed by atoms with Gasteiger partial charge < -0.3 is 19.1 Å². The van der Waals surface area contributed by atoms with E-state index >= 15 is 0 Å². The Hall–Kier alpha value is -1.44. The molecule has 7 nitrogen and oxygen atoms in total. The van der Waals surface area contributed by atoms with Gasteiger partial charge in [-0.05, 0) is 0 Å². The molecule has 3 rings (SSSR count). The van der Waals surface area contributed by atoms with Crippen molar-refractivity contribution in [1.82, 2.24) is 24.3 Å². The maximum Gasteiger partial charge on any atom is 0.224 e. The highest BCUT2D eigenvalue weighted by atomic mass is 16.5. The van der Waals surface area contributed by atoms with Crippen molar-refractivity contribution in [3.05, 3.63) is 18.2 Å². The summed E-state index contributed by atoms with van der Waals surface area (Å²) in [6, 6.07) is 0. The van der Waals surface area contributed by atoms with Crippen molar-refractivity contribution in [2.45, 2.75) is 13.0 Å². The fraction of sp³-hybridized carbons (Fsp3) is 0.750. The van der Waals surface area contributed by atoms with E-state index in [1.54, 1.807) is 0 Å². The highest BCUT2D eigenvalue weighted by Gasteiger charge is 2.21. The molecule has 0 bridgehead atoms. The van der Waals surface area contributed by atoms with Crippen molar-refractivity contribution in [1.29, 1.82) is 0 Å². The topological polar surface area (TPSA) is 53.8 Å². The first-order valence-corrected chi connectivity index (χ1v) is 8.49. The van der Waals surface area contributed by atoms with Crippen molar-refractivity contribution in [2.75, 3.05) is 59.0 Å². The van der Waals surface area contributed by atoms with Crippen LogP contribution in [0.4, 0.5) is 0 Å². The Morgan fingerprint density at radius 1 is 1.13 bits per heavy atom. The molecule has 2 fully saturated rings. The van der Waals surface area contributed by atoms with Crippen LogP contribution < -0.4 is 0 Å². The van der Waals surface area contributed by atoms with E-state index in [4.69, 9.17) is 4.74 Å². The quantitative estimate of drug-likeness (QED) is 0.751. The van der Waals surface area contributed by atoms with Gasteiger partial charge in [-0.3, -0.25) is 9.69 Å². The Labute approximate surface area is 137 Å².